The molecule has 6 nitrogen and oxygen atoms in total. The Morgan fingerprint density at radius 3 is 2.75 bits per heavy atom. The Bertz CT molecular complexity index is 401. The lowest BCUT2D eigenvalue weighted by molar-refractivity contribution is -0.157. The summed E-state index contributed by atoms with van der Waals surface area (Å²) in [5, 5.41) is 2.84. The number of carbonyl (C=O) groups excluding carboxylic acids is 2. The van der Waals surface area contributed by atoms with Crippen LogP contribution in [0, 0.1) is 0 Å². The van der Waals surface area contributed by atoms with E-state index in [0.29, 0.717) is 19.6 Å². The van der Waals surface area contributed by atoms with Crippen LogP contribution < -0.4 is 5.32 Å². The van der Waals surface area contributed by atoms with Crippen molar-refractivity contribution in [2.75, 3.05) is 33.3 Å². The maximum absolute atomic E-state index is 12.6. The number of likely N-dealkylation sites (N-methyl/N-ethyl adjacent to an activating group) is 1. The summed E-state index contributed by atoms with van der Waals surface area (Å²) in [6.45, 7) is 8.34. The molecule has 2 aliphatic heterocycles. The fourth-order valence-corrected chi connectivity index (χ4v) is 2.74. The van der Waals surface area contributed by atoms with Crippen LogP contribution in [0.3, 0.4) is 0 Å². The van der Waals surface area contributed by atoms with Gasteiger partial charge in [-0.1, -0.05) is 6.92 Å². The van der Waals surface area contributed by atoms with E-state index < -0.39 is 11.6 Å². The van der Waals surface area contributed by atoms with Crippen molar-refractivity contribution in [3.8, 4) is 0 Å². The number of carbonyl (C=O) groups is 2. The summed E-state index contributed by atoms with van der Waals surface area (Å²) in [6, 6.07) is -0.432. The molecule has 2 heterocycles. The Morgan fingerprint density at radius 2 is 2.15 bits per heavy atom. The van der Waals surface area contributed by atoms with Crippen molar-refractivity contribution in [1.29, 1.82) is 0 Å². The van der Waals surface area contributed by atoms with Crippen LogP contribution in [0.4, 0.5) is 0 Å². The minimum atomic E-state index is -0.788. The van der Waals surface area contributed by atoms with Crippen LogP contribution in [0.25, 0.3) is 0 Å². The lowest BCUT2D eigenvalue weighted by Gasteiger charge is -2.44. The van der Waals surface area contributed by atoms with Crippen molar-refractivity contribution in [2.45, 2.75) is 44.9 Å². The van der Waals surface area contributed by atoms with E-state index >= 15 is 0 Å². The first kappa shape index (κ1) is 15.3. The molecule has 20 heavy (non-hydrogen) atoms. The van der Waals surface area contributed by atoms with Crippen LogP contribution in [0.5, 0.6) is 0 Å². The third kappa shape index (κ3) is 2.81. The number of hydrogen-bond donors (Lipinski definition) is 1. The molecule has 0 aliphatic carbocycles. The van der Waals surface area contributed by atoms with Gasteiger partial charge in [0.2, 0.25) is 11.8 Å². The van der Waals surface area contributed by atoms with E-state index in [2.05, 4.69) is 10.2 Å². The number of nitrogens with zero attached hydrogens (tertiary/aromatic N) is 2. The standard InChI is InChI=1S/C14H25N3O3/c1-5-14(3)13(19)17(10(2)12(18)15-14)9-11-8-16(4)6-7-20-11/h10-11H,5-9H2,1-4H3,(H,15,18). The first-order valence-electron chi connectivity index (χ1n) is 7.30. The number of ether oxygens (including phenoxy) is 1. The van der Waals surface area contributed by atoms with E-state index in [0.717, 1.165) is 13.1 Å². The highest BCUT2D eigenvalue weighted by molar-refractivity contribution is 5.99. The number of rotatable bonds is 3. The van der Waals surface area contributed by atoms with Gasteiger partial charge < -0.3 is 19.9 Å². The first-order chi connectivity index (χ1) is 9.37. The van der Waals surface area contributed by atoms with Crippen molar-refractivity contribution in [3.05, 3.63) is 0 Å². The van der Waals surface area contributed by atoms with Gasteiger partial charge in [0.25, 0.3) is 0 Å². The highest BCUT2D eigenvalue weighted by Crippen LogP contribution is 2.22. The van der Waals surface area contributed by atoms with Crippen LogP contribution in [0.15, 0.2) is 0 Å². The molecule has 1 N–H and O–H groups in total. The molecule has 2 saturated heterocycles. The summed E-state index contributed by atoms with van der Waals surface area (Å²) in [5.74, 6) is -0.0953. The number of hydrogen-bond acceptors (Lipinski definition) is 4. The topological polar surface area (TPSA) is 61.9 Å². The maximum atomic E-state index is 12.6. The van der Waals surface area contributed by atoms with E-state index in [-0.39, 0.29) is 17.9 Å². The third-order valence-electron chi connectivity index (χ3n) is 4.43. The molecule has 2 aliphatic rings. The summed E-state index contributed by atoms with van der Waals surface area (Å²) in [7, 11) is 2.04. The highest BCUT2D eigenvalue weighted by atomic mass is 16.5. The SMILES string of the molecule is CCC1(C)NC(=O)C(C)N(CC2CN(C)CCO2)C1=O. The Labute approximate surface area is 120 Å². The molecule has 0 radical (unpaired) electrons. The largest absolute Gasteiger partial charge is 0.374 e. The third-order valence-corrected chi connectivity index (χ3v) is 4.43. The van der Waals surface area contributed by atoms with Gasteiger partial charge in [0.05, 0.1) is 12.7 Å². The maximum Gasteiger partial charge on any atom is 0.248 e. The zero-order chi connectivity index (χ0) is 14.9. The molecule has 2 fully saturated rings. The van der Waals surface area contributed by atoms with Crippen molar-refractivity contribution in [1.82, 2.24) is 15.1 Å². The summed E-state index contributed by atoms with van der Waals surface area (Å²) >= 11 is 0. The van der Waals surface area contributed by atoms with Crippen molar-refractivity contribution in [3.63, 3.8) is 0 Å². The van der Waals surface area contributed by atoms with E-state index in [1.54, 1.807) is 18.7 Å². The fourth-order valence-electron chi connectivity index (χ4n) is 2.74. The molecule has 6 heteroatoms. The molecule has 0 aromatic heterocycles. The van der Waals surface area contributed by atoms with Gasteiger partial charge in [-0.15, -0.1) is 0 Å². The Balaban J connectivity index is 2.11. The average Bonchev–Trinajstić information content (AvgIpc) is 2.41. The lowest BCUT2D eigenvalue weighted by Crippen LogP contribution is -2.69. The van der Waals surface area contributed by atoms with Crippen LogP contribution in [0.2, 0.25) is 0 Å². The molecule has 3 atom stereocenters. The molecule has 0 aromatic rings. The second-order valence-corrected chi connectivity index (χ2v) is 6.06. The molecule has 0 aromatic carbocycles. The Hall–Kier alpha value is -1.14. The smallest absolute Gasteiger partial charge is 0.248 e. The highest BCUT2D eigenvalue weighted by Gasteiger charge is 2.46. The average molecular weight is 283 g/mol. The van der Waals surface area contributed by atoms with Gasteiger partial charge >= 0.3 is 0 Å². The van der Waals surface area contributed by atoms with Gasteiger partial charge in [0, 0.05) is 19.6 Å². The molecule has 0 bridgehead atoms. The molecule has 3 unspecified atom stereocenters. The minimum Gasteiger partial charge on any atom is -0.374 e. The molecule has 0 saturated carbocycles. The van der Waals surface area contributed by atoms with Crippen molar-refractivity contribution < 1.29 is 14.3 Å². The minimum absolute atomic E-state index is 0.0103. The van der Waals surface area contributed by atoms with Gasteiger partial charge in [-0.25, -0.2) is 0 Å². The van der Waals surface area contributed by atoms with E-state index in [1.807, 2.05) is 14.0 Å². The number of nitrogens with one attached hydrogen (secondary N) is 1. The Kier molecular flexibility index (Phi) is 4.34. The summed E-state index contributed by atoms with van der Waals surface area (Å²) in [5.41, 5.74) is -0.788. The molecular weight excluding hydrogens is 258 g/mol. The quantitative estimate of drug-likeness (QED) is 0.781. The monoisotopic (exact) mass is 283 g/mol. The second kappa shape index (κ2) is 5.69. The molecule has 0 spiro atoms. The number of amides is 2. The van der Waals surface area contributed by atoms with Crippen LogP contribution >= 0.6 is 0 Å². The number of piperazine rings is 1. The van der Waals surface area contributed by atoms with Gasteiger partial charge in [0.15, 0.2) is 0 Å². The summed E-state index contributed by atoms with van der Waals surface area (Å²) in [4.78, 5) is 28.6. The zero-order valence-electron chi connectivity index (χ0n) is 12.8. The molecular formula is C14H25N3O3. The van der Waals surface area contributed by atoms with Crippen molar-refractivity contribution >= 4 is 11.8 Å². The lowest BCUT2D eigenvalue weighted by atomic mass is 9.92. The fraction of sp³-hybridized carbons (Fsp3) is 0.857. The van der Waals surface area contributed by atoms with Gasteiger partial charge in [-0.2, -0.15) is 0 Å². The van der Waals surface area contributed by atoms with Gasteiger partial charge in [0.1, 0.15) is 11.6 Å². The summed E-state index contributed by atoms with van der Waals surface area (Å²) in [6.07, 6.45) is 0.568. The van der Waals surface area contributed by atoms with Crippen LogP contribution in [-0.2, 0) is 14.3 Å². The second-order valence-electron chi connectivity index (χ2n) is 6.06. The van der Waals surface area contributed by atoms with Crippen LogP contribution in [0.1, 0.15) is 27.2 Å². The Morgan fingerprint density at radius 1 is 1.45 bits per heavy atom. The first-order valence-corrected chi connectivity index (χ1v) is 7.30. The zero-order valence-corrected chi connectivity index (χ0v) is 12.8. The molecule has 2 amide bonds. The van der Waals surface area contributed by atoms with Crippen molar-refractivity contribution in [2.24, 2.45) is 0 Å². The van der Waals surface area contributed by atoms with E-state index in [1.165, 1.54) is 0 Å². The summed E-state index contributed by atoms with van der Waals surface area (Å²) < 4.78 is 5.72. The van der Waals surface area contributed by atoms with Gasteiger partial charge in [-0.05, 0) is 27.3 Å². The number of morpholine rings is 1. The van der Waals surface area contributed by atoms with E-state index in [9.17, 15) is 9.59 Å². The normalized spacial score (nSPS) is 36.1. The predicted octanol–water partition coefficient (Wildman–Crippen LogP) is -0.167. The molecule has 2 rings (SSSR count). The molecule has 114 valence electrons. The van der Waals surface area contributed by atoms with Gasteiger partial charge in [-0.3, -0.25) is 9.59 Å². The predicted molar refractivity (Wildman–Crippen MR) is 75.3 cm³/mol. The van der Waals surface area contributed by atoms with E-state index in [4.69, 9.17) is 4.74 Å². The van der Waals surface area contributed by atoms with Crippen LogP contribution in [-0.4, -0.2) is 72.6 Å².